The second-order valence-electron chi connectivity index (χ2n) is 2.97. The normalized spacial score (nSPS) is 17.4. The molecule has 0 unspecified atom stereocenters. The number of carbonyl (C=O) groups is 2. The van der Waals surface area contributed by atoms with Gasteiger partial charge in [-0.3, -0.25) is 9.59 Å². The molecule has 0 atom stereocenters. The number of hydrogen-bond donors (Lipinski definition) is 0. The standard InChI is InChI=1S/C8H13IN2O2/c1-2-7(12)10-3-5-11(6-4-10)8(9)13/h2-6H2,1H3. The van der Waals surface area contributed by atoms with E-state index in [0.29, 0.717) is 32.6 Å². The van der Waals surface area contributed by atoms with Crippen molar-refractivity contribution in [1.82, 2.24) is 9.80 Å². The predicted molar refractivity (Wildman–Crippen MR) is 57.9 cm³/mol. The quantitative estimate of drug-likeness (QED) is 0.413. The lowest BCUT2D eigenvalue weighted by atomic mass is 10.3. The van der Waals surface area contributed by atoms with E-state index in [0.717, 1.165) is 0 Å². The minimum atomic E-state index is 0.0706. The molecule has 4 nitrogen and oxygen atoms in total. The lowest BCUT2D eigenvalue weighted by Crippen LogP contribution is -2.49. The predicted octanol–water partition coefficient (Wildman–Crippen LogP) is 1.10. The van der Waals surface area contributed by atoms with Crippen molar-refractivity contribution < 1.29 is 9.59 Å². The summed E-state index contributed by atoms with van der Waals surface area (Å²) in [5.74, 6) is 0.181. The minimum absolute atomic E-state index is 0.0706. The molecule has 0 aromatic heterocycles. The molecule has 1 saturated heterocycles. The van der Waals surface area contributed by atoms with Gasteiger partial charge in [0.1, 0.15) is 0 Å². The Morgan fingerprint density at radius 2 is 1.62 bits per heavy atom. The summed E-state index contributed by atoms with van der Waals surface area (Å²) in [7, 11) is 0. The van der Waals surface area contributed by atoms with Crippen LogP contribution in [0.2, 0.25) is 0 Å². The number of halogens is 1. The fourth-order valence-corrected chi connectivity index (χ4v) is 1.84. The van der Waals surface area contributed by atoms with Gasteiger partial charge >= 0.3 is 0 Å². The van der Waals surface area contributed by atoms with Crippen LogP contribution in [0, 0.1) is 0 Å². The molecule has 1 rings (SSSR count). The molecule has 0 saturated carbocycles. The van der Waals surface area contributed by atoms with E-state index in [9.17, 15) is 9.59 Å². The van der Waals surface area contributed by atoms with E-state index in [2.05, 4.69) is 0 Å². The largest absolute Gasteiger partial charge is 0.339 e. The van der Waals surface area contributed by atoms with Crippen molar-refractivity contribution in [1.29, 1.82) is 0 Å². The Kier molecular flexibility index (Phi) is 3.95. The molecule has 13 heavy (non-hydrogen) atoms. The van der Waals surface area contributed by atoms with Crippen molar-refractivity contribution >= 4 is 32.4 Å². The van der Waals surface area contributed by atoms with Crippen LogP contribution in [0.4, 0.5) is 4.79 Å². The van der Waals surface area contributed by atoms with E-state index < -0.39 is 0 Å². The van der Waals surface area contributed by atoms with Crippen LogP contribution < -0.4 is 0 Å². The van der Waals surface area contributed by atoms with Gasteiger partial charge in [-0.15, -0.1) is 0 Å². The fraction of sp³-hybridized carbons (Fsp3) is 0.750. The van der Waals surface area contributed by atoms with E-state index in [1.807, 2.05) is 11.8 Å². The molecule has 0 radical (unpaired) electrons. The second kappa shape index (κ2) is 4.78. The van der Waals surface area contributed by atoms with Gasteiger partial charge in [0.25, 0.3) is 3.91 Å². The number of carbonyl (C=O) groups excluding carboxylic acids is 2. The lowest BCUT2D eigenvalue weighted by molar-refractivity contribution is -0.132. The Balaban J connectivity index is 2.39. The maximum Gasteiger partial charge on any atom is 0.283 e. The fourth-order valence-electron chi connectivity index (χ4n) is 1.36. The number of nitrogens with zero attached hydrogens (tertiary/aromatic N) is 2. The van der Waals surface area contributed by atoms with Crippen molar-refractivity contribution in [3.8, 4) is 0 Å². The molecule has 0 aliphatic carbocycles. The highest BCUT2D eigenvalue weighted by atomic mass is 127. The van der Waals surface area contributed by atoms with Gasteiger partial charge in [-0.1, -0.05) is 6.92 Å². The van der Waals surface area contributed by atoms with E-state index in [-0.39, 0.29) is 9.82 Å². The van der Waals surface area contributed by atoms with Crippen LogP contribution in [-0.4, -0.2) is 45.8 Å². The SMILES string of the molecule is CCC(=O)N1CCN(C(=O)I)CC1. The Morgan fingerprint density at radius 1 is 1.15 bits per heavy atom. The Hall–Kier alpha value is -0.330. The van der Waals surface area contributed by atoms with E-state index in [1.165, 1.54) is 0 Å². The highest BCUT2D eigenvalue weighted by Gasteiger charge is 2.21. The Morgan fingerprint density at radius 3 is 2.00 bits per heavy atom. The van der Waals surface area contributed by atoms with Crippen molar-refractivity contribution in [2.45, 2.75) is 13.3 Å². The van der Waals surface area contributed by atoms with Gasteiger partial charge in [0.05, 0.1) is 0 Å². The molecule has 1 heterocycles. The van der Waals surface area contributed by atoms with E-state index in [1.54, 1.807) is 27.5 Å². The minimum Gasteiger partial charge on any atom is -0.339 e. The molecule has 1 fully saturated rings. The van der Waals surface area contributed by atoms with Gasteiger partial charge in [-0.2, -0.15) is 0 Å². The first-order valence-electron chi connectivity index (χ1n) is 4.37. The van der Waals surface area contributed by atoms with Crippen LogP contribution in [0.3, 0.4) is 0 Å². The van der Waals surface area contributed by atoms with Crippen molar-refractivity contribution in [3.63, 3.8) is 0 Å². The van der Waals surface area contributed by atoms with Gasteiger partial charge in [0.2, 0.25) is 5.91 Å². The summed E-state index contributed by atoms with van der Waals surface area (Å²) in [6.45, 7) is 4.57. The molecule has 2 amide bonds. The number of hydrogen-bond acceptors (Lipinski definition) is 2. The molecule has 0 spiro atoms. The first-order valence-corrected chi connectivity index (χ1v) is 5.45. The first-order chi connectivity index (χ1) is 6.15. The summed E-state index contributed by atoms with van der Waals surface area (Å²) in [4.78, 5) is 25.8. The second-order valence-corrected chi connectivity index (χ2v) is 3.90. The molecule has 1 aliphatic rings. The molecule has 74 valence electrons. The summed E-state index contributed by atoms with van der Waals surface area (Å²) in [6, 6.07) is 0. The maximum atomic E-state index is 11.3. The van der Waals surface area contributed by atoms with Gasteiger partial charge in [0, 0.05) is 55.2 Å². The van der Waals surface area contributed by atoms with Gasteiger partial charge in [-0.25, -0.2) is 0 Å². The number of amides is 2. The van der Waals surface area contributed by atoms with Crippen molar-refractivity contribution in [3.05, 3.63) is 0 Å². The average molecular weight is 296 g/mol. The van der Waals surface area contributed by atoms with Crippen molar-refractivity contribution in [2.24, 2.45) is 0 Å². The van der Waals surface area contributed by atoms with Crippen molar-refractivity contribution in [2.75, 3.05) is 26.2 Å². The highest BCUT2D eigenvalue weighted by Crippen LogP contribution is 2.07. The number of rotatable bonds is 1. The van der Waals surface area contributed by atoms with Crippen LogP contribution in [0.25, 0.3) is 0 Å². The van der Waals surface area contributed by atoms with Gasteiger partial charge < -0.3 is 9.80 Å². The third kappa shape index (κ3) is 2.82. The van der Waals surface area contributed by atoms with Gasteiger partial charge in [0.15, 0.2) is 0 Å². The van der Waals surface area contributed by atoms with Crippen LogP contribution in [0.1, 0.15) is 13.3 Å². The molecule has 1 aliphatic heterocycles. The molecule has 0 aromatic rings. The van der Waals surface area contributed by atoms with Crippen LogP contribution in [-0.2, 0) is 4.79 Å². The summed E-state index contributed by atoms with van der Waals surface area (Å²) in [6.07, 6.45) is 0.554. The summed E-state index contributed by atoms with van der Waals surface area (Å²) in [5.41, 5.74) is 0. The lowest BCUT2D eigenvalue weighted by Gasteiger charge is -2.33. The molecular weight excluding hydrogens is 283 g/mol. The van der Waals surface area contributed by atoms with E-state index in [4.69, 9.17) is 0 Å². The smallest absolute Gasteiger partial charge is 0.283 e. The molecule has 0 N–H and O–H groups in total. The molecule has 0 bridgehead atoms. The van der Waals surface area contributed by atoms with Crippen LogP contribution in [0.5, 0.6) is 0 Å². The van der Waals surface area contributed by atoms with Crippen LogP contribution >= 0.6 is 22.6 Å². The van der Waals surface area contributed by atoms with Gasteiger partial charge in [-0.05, 0) is 0 Å². The topological polar surface area (TPSA) is 40.6 Å². The zero-order valence-electron chi connectivity index (χ0n) is 7.62. The third-order valence-electron chi connectivity index (χ3n) is 2.18. The molecule has 0 aromatic carbocycles. The third-order valence-corrected chi connectivity index (χ3v) is 2.87. The summed E-state index contributed by atoms with van der Waals surface area (Å²) in [5, 5.41) is 0. The number of piperazine rings is 1. The highest BCUT2D eigenvalue weighted by molar-refractivity contribution is 14.1. The van der Waals surface area contributed by atoms with Crippen LogP contribution in [0.15, 0.2) is 0 Å². The summed E-state index contributed by atoms with van der Waals surface area (Å²) < 4.78 is 0.0706. The zero-order chi connectivity index (χ0) is 9.84. The Bertz CT molecular complexity index is 212. The summed E-state index contributed by atoms with van der Waals surface area (Å²) >= 11 is 1.78. The first kappa shape index (κ1) is 10.7. The average Bonchev–Trinajstić information content (AvgIpc) is 2.17. The molecular formula is C8H13IN2O2. The maximum absolute atomic E-state index is 11.3. The monoisotopic (exact) mass is 296 g/mol. The molecule has 5 heteroatoms. The Labute approximate surface area is 91.4 Å². The van der Waals surface area contributed by atoms with E-state index >= 15 is 0 Å². The zero-order valence-corrected chi connectivity index (χ0v) is 9.78.